The summed E-state index contributed by atoms with van der Waals surface area (Å²) in [5.74, 6) is 0. The summed E-state index contributed by atoms with van der Waals surface area (Å²) in [5, 5.41) is 0. The molecule has 0 atom stereocenters. The van der Waals surface area contributed by atoms with Gasteiger partial charge in [0.05, 0.1) is 0 Å². The van der Waals surface area contributed by atoms with E-state index in [-0.39, 0.29) is 24.8 Å². The summed E-state index contributed by atoms with van der Waals surface area (Å²) >= 11 is 1.62. The normalized spacial score (nSPS) is 10.2. The first-order valence-corrected chi connectivity index (χ1v) is 13.9. The fourth-order valence-corrected chi connectivity index (χ4v) is 4.26. The van der Waals surface area contributed by atoms with Gasteiger partial charge in [0.15, 0.2) is 0 Å². The quantitative estimate of drug-likeness (QED) is 0.268. The van der Waals surface area contributed by atoms with Gasteiger partial charge in [-0.05, 0) is 17.5 Å². The minimum atomic E-state index is 0. The van der Waals surface area contributed by atoms with Crippen LogP contribution in [0.4, 0.5) is 0 Å². The predicted molar refractivity (Wildman–Crippen MR) is 152 cm³/mol. The van der Waals surface area contributed by atoms with Gasteiger partial charge in [-0.3, -0.25) is 0 Å². The molecule has 0 N–H and O–H groups in total. The van der Waals surface area contributed by atoms with Gasteiger partial charge in [-0.2, -0.15) is 42.0 Å². The van der Waals surface area contributed by atoms with Crippen LogP contribution in [-0.4, -0.2) is 3.21 Å². The Morgan fingerprint density at radius 1 is 0.684 bits per heavy atom. The van der Waals surface area contributed by atoms with E-state index in [2.05, 4.69) is 111 Å². The van der Waals surface area contributed by atoms with Crippen molar-refractivity contribution in [3.8, 4) is 33.4 Å². The second-order valence-electron chi connectivity index (χ2n) is 8.83. The molecule has 0 bridgehead atoms. The van der Waals surface area contributed by atoms with Crippen molar-refractivity contribution in [2.24, 2.45) is 0 Å². The average Bonchev–Trinajstić information content (AvgIpc) is 3.65. The van der Waals surface area contributed by atoms with Gasteiger partial charge in [-0.15, -0.1) is 11.1 Å². The van der Waals surface area contributed by atoms with Gasteiger partial charge in [-0.25, -0.2) is 12.1 Å². The van der Waals surface area contributed by atoms with Crippen molar-refractivity contribution in [2.75, 3.05) is 0 Å². The van der Waals surface area contributed by atoms with Crippen LogP contribution in [0.1, 0.15) is 37.8 Å². The molecular formula is C35H32Cl2Zr-2. The molecule has 0 nitrogen and oxygen atoms in total. The van der Waals surface area contributed by atoms with Crippen molar-refractivity contribution < 1.29 is 49.0 Å². The second kappa shape index (κ2) is 16.5. The van der Waals surface area contributed by atoms with Crippen molar-refractivity contribution in [3.63, 3.8) is 0 Å². The summed E-state index contributed by atoms with van der Waals surface area (Å²) in [6.45, 7) is 4.43. The van der Waals surface area contributed by atoms with E-state index in [1.807, 2.05) is 30.3 Å². The van der Waals surface area contributed by atoms with Crippen molar-refractivity contribution in [3.05, 3.63) is 139 Å². The molecule has 0 unspecified atom stereocenters. The Kier molecular flexibility index (Phi) is 13.8. The van der Waals surface area contributed by atoms with Crippen LogP contribution >= 0.6 is 0 Å². The zero-order chi connectivity index (χ0) is 25.2. The molecule has 0 spiro atoms. The second-order valence-corrected chi connectivity index (χ2v) is 10.6. The topological polar surface area (TPSA) is 0 Å². The number of benzene rings is 4. The SMILES string of the molecule is CC[C](=[Zr+2])CC.[Cl-].[Cl-].[c-]1cc(-c2ccccc2)cc2c1Cc1ccc(-c3ccccc3)cc1-2.c1cc[cH-]c1. The molecule has 5 aromatic rings. The first kappa shape index (κ1) is 31.8. The largest absolute Gasteiger partial charge is 1.00 e. The third-order valence-electron chi connectivity index (χ3n) is 6.42. The third kappa shape index (κ3) is 8.54. The standard InChI is InChI=1S/C25H17.C5H5.C5H10.2ClH.Zr/c1-3-7-18(8-4-1)20-11-13-22-15-23-14-12-21(17-25(23)24(22)16-20)19-9-5-2-6-10-19;1-2-4-5-3-1;1-3-5-4-2;;;/h1-13,16-17H,15H2;1-5H;3-4H2,1-2H3;2*1H;/q2*-1;;;;+2/p-2. The Morgan fingerprint density at radius 2 is 1.24 bits per heavy atom. The molecule has 0 heterocycles. The number of fused-ring (bicyclic) bond motifs is 3. The average molecular weight is 615 g/mol. The summed E-state index contributed by atoms with van der Waals surface area (Å²) in [4.78, 5) is 0. The van der Waals surface area contributed by atoms with Crippen LogP contribution in [0.15, 0.2) is 121 Å². The van der Waals surface area contributed by atoms with Crippen LogP contribution in [-0.2, 0) is 30.7 Å². The molecule has 0 radical (unpaired) electrons. The van der Waals surface area contributed by atoms with E-state index in [1.165, 1.54) is 57.3 Å². The maximum absolute atomic E-state index is 3.52. The van der Waals surface area contributed by atoms with E-state index in [0.29, 0.717) is 0 Å². The molecular weight excluding hydrogens is 583 g/mol. The fraction of sp³-hybridized carbons (Fsp3) is 0.143. The van der Waals surface area contributed by atoms with Crippen molar-refractivity contribution >= 4 is 3.21 Å². The van der Waals surface area contributed by atoms with E-state index in [1.54, 1.807) is 27.4 Å². The third-order valence-corrected chi connectivity index (χ3v) is 8.16. The first-order chi connectivity index (χ1) is 17.7. The maximum atomic E-state index is 3.52. The molecule has 38 heavy (non-hydrogen) atoms. The molecule has 192 valence electrons. The van der Waals surface area contributed by atoms with Gasteiger partial charge < -0.3 is 24.8 Å². The molecule has 3 heteroatoms. The Hall–Kier alpha value is -2.44. The van der Waals surface area contributed by atoms with Gasteiger partial charge in [0.2, 0.25) is 0 Å². The monoisotopic (exact) mass is 612 g/mol. The van der Waals surface area contributed by atoms with E-state index in [9.17, 15) is 0 Å². The van der Waals surface area contributed by atoms with Crippen LogP contribution in [0.5, 0.6) is 0 Å². The number of rotatable bonds is 4. The Morgan fingerprint density at radius 3 is 1.74 bits per heavy atom. The molecule has 6 rings (SSSR count). The van der Waals surface area contributed by atoms with Crippen molar-refractivity contribution in [1.29, 1.82) is 0 Å². The summed E-state index contributed by atoms with van der Waals surface area (Å²) in [6.07, 6.45) is 3.55. The fourth-order valence-electron chi connectivity index (χ4n) is 4.26. The Bertz CT molecular complexity index is 1260. The van der Waals surface area contributed by atoms with Crippen LogP contribution < -0.4 is 24.8 Å². The minimum Gasteiger partial charge on any atom is -1.00 e. The van der Waals surface area contributed by atoms with E-state index in [4.69, 9.17) is 0 Å². The molecule has 1 aliphatic rings. The number of hydrogen-bond donors (Lipinski definition) is 0. The summed E-state index contributed by atoms with van der Waals surface area (Å²) in [6, 6.07) is 45.9. The maximum Gasteiger partial charge on any atom is -0.0184 e. The van der Waals surface area contributed by atoms with Gasteiger partial charge in [0.1, 0.15) is 0 Å². The van der Waals surface area contributed by atoms with Crippen LogP contribution in [0.3, 0.4) is 0 Å². The Balaban J connectivity index is 0.000000330. The van der Waals surface area contributed by atoms with Gasteiger partial charge >= 0.3 is 54.1 Å². The van der Waals surface area contributed by atoms with Crippen LogP contribution in [0, 0.1) is 6.07 Å². The van der Waals surface area contributed by atoms with E-state index < -0.39 is 0 Å². The molecule has 0 aromatic heterocycles. The van der Waals surface area contributed by atoms with Gasteiger partial charge in [-0.1, -0.05) is 95.6 Å². The Labute approximate surface area is 255 Å². The van der Waals surface area contributed by atoms with Crippen molar-refractivity contribution in [2.45, 2.75) is 33.1 Å². The molecule has 0 saturated carbocycles. The molecule has 0 fully saturated rings. The zero-order valence-corrected chi connectivity index (χ0v) is 25.9. The number of hydrogen-bond acceptors (Lipinski definition) is 0. The van der Waals surface area contributed by atoms with Gasteiger partial charge in [0.25, 0.3) is 0 Å². The summed E-state index contributed by atoms with van der Waals surface area (Å²) < 4.78 is 1.68. The molecule has 5 aromatic carbocycles. The molecule has 0 amide bonds. The van der Waals surface area contributed by atoms with E-state index >= 15 is 0 Å². The van der Waals surface area contributed by atoms with Crippen LogP contribution in [0.2, 0.25) is 0 Å². The minimum absolute atomic E-state index is 0. The smallest absolute Gasteiger partial charge is 0.0184 e. The molecule has 0 saturated heterocycles. The summed E-state index contributed by atoms with van der Waals surface area (Å²) in [7, 11) is 0. The van der Waals surface area contributed by atoms with E-state index in [0.717, 1.165) is 6.42 Å². The van der Waals surface area contributed by atoms with Crippen molar-refractivity contribution in [1.82, 2.24) is 0 Å². The predicted octanol–water partition coefficient (Wildman–Crippen LogP) is 3.33. The van der Waals surface area contributed by atoms with Crippen LogP contribution in [0.25, 0.3) is 33.4 Å². The summed E-state index contributed by atoms with van der Waals surface area (Å²) in [5.41, 5.74) is 10.4. The first-order valence-electron chi connectivity index (χ1n) is 12.7. The number of halogens is 2. The molecule has 0 aliphatic heterocycles. The zero-order valence-electron chi connectivity index (χ0n) is 21.9. The molecule has 1 aliphatic carbocycles. The van der Waals surface area contributed by atoms with Gasteiger partial charge in [0, 0.05) is 0 Å².